The number of allylic oxidation sites excluding steroid dienone is 1. The van der Waals surface area contributed by atoms with Gasteiger partial charge in [0.1, 0.15) is 34.0 Å². The van der Waals surface area contributed by atoms with Gasteiger partial charge in [-0.1, -0.05) is 19.1 Å². The molecule has 1 amide bonds. The Hall–Kier alpha value is -4.68. The molecule has 3 heterocycles. The molecule has 0 spiro atoms. The first-order valence-electron chi connectivity index (χ1n) is 14.4. The fraction of sp³-hybridized carbons (Fsp3) is 0.355. The van der Waals surface area contributed by atoms with E-state index in [1.54, 1.807) is 12.1 Å². The van der Waals surface area contributed by atoms with Crippen molar-refractivity contribution in [1.82, 2.24) is 19.9 Å². The van der Waals surface area contributed by atoms with Crippen LogP contribution in [0.4, 0.5) is 5.69 Å². The molecule has 0 saturated carbocycles. The van der Waals surface area contributed by atoms with Crippen LogP contribution >= 0.6 is 0 Å². The minimum absolute atomic E-state index is 0.0266. The Kier molecular flexibility index (Phi) is 9.07. The highest BCUT2D eigenvalue weighted by atomic mass is 16.7. The van der Waals surface area contributed by atoms with Gasteiger partial charge in [-0.05, 0) is 74.6 Å². The summed E-state index contributed by atoms with van der Waals surface area (Å²) < 4.78 is 1.14. The van der Waals surface area contributed by atoms with Gasteiger partial charge in [-0.15, -0.1) is 0 Å². The number of phenolic OH excluding ortho intramolecular Hbond substituents is 2. The number of aromatic amines is 1. The number of aromatic hydroxyl groups is 2. The number of benzene rings is 2. The van der Waals surface area contributed by atoms with Crippen LogP contribution in [0.15, 0.2) is 69.1 Å². The molecule has 2 aromatic carbocycles. The average molecular weight is 588 g/mol. The van der Waals surface area contributed by atoms with Gasteiger partial charge >= 0.3 is 5.69 Å². The number of amides is 1. The van der Waals surface area contributed by atoms with Crippen molar-refractivity contribution in [3.8, 4) is 17.2 Å². The third kappa shape index (κ3) is 6.71. The van der Waals surface area contributed by atoms with Gasteiger partial charge in [-0.25, -0.2) is 14.4 Å². The minimum atomic E-state index is -0.626. The third-order valence-electron chi connectivity index (χ3n) is 7.38. The number of rotatable bonds is 7. The van der Waals surface area contributed by atoms with Gasteiger partial charge in [0.25, 0.3) is 5.91 Å². The predicted molar refractivity (Wildman–Crippen MR) is 162 cm³/mol. The van der Waals surface area contributed by atoms with E-state index in [-0.39, 0.29) is 46.0 Å². The number of hydrogen-bond donors (Lipinski definition) is 5. The van der Waals surface area contributed by atoms with E-state index >= 15 is 0 Å². The molecule has 0 bridgehead atoms. The van der Waals surface area contributed by atoms with Crippen molar-refractivity contribution in [3.05, 3.63) is 86.6 Å². The monoisotopic (exact) mass is 587 g/mol. The van der Waals surface area contributed by atoms with Crippen molar-refractivity contribution < 1.29 is 19.8 Å². The van der Waals surface area contributed by atoms with Crippen molar-refractivity contribution in [3.63, 3.8) is 0 Å². The van der Waals surface area contributed by atoms with Crippen LogP contribution in [0, 0.1) is 5.92 Å². The van der Waals surface area contributed by atoms with Gasteiger partial charge < -0.3 is 20.8 Å². The normalized spacial score (nSPS) is 19.2. The molecule has 5 rings (SSSR count). The molecule has 1 aromatic heterocycles. The molecular weight excluding hydrogens is 550 g/mol. The molecule has 2 unspecified atom stereocenters. The zero-order valence-corrected chi connectivity index (χ0v) is 24.5. The van der Waals surface area contributed by atoms with Gasteiger partial charge in [0.15, 0.2) is 0 Å². The number of piperidine rings is 1. The van der Waals surface area contributed by atoms with Crippen LogP contribution in [0.25, 0.3) is 11.8 Å². The Bertz CT molecular complexity index is 1750. The van der Waals surface area contributed by atoms with Crippen LogP contribution in [0.2, 0.25) is 0 Å². The van der Waals surface area contributed by atoms with Crippen LogP contribution in [-0.4, -0.2) is 63.5 Å². The number of anilines is 1. The highest BCUT2D eigenvalue weighted by Crippen LogP contribution is 2.28. The summed E-state index contributed by atoms with van der Waals surface area (Å²) in [6.45, 7) is 6.12. The lowest BCUT2D eigenvalue weighted by Crippen LogP contribution is -2.54. The van der Waals surface area contributed by atoms with Crippen molar-refractivity contribution in [2.24, 2.45) is 15.9 Å². The molecule has 2 atom stereocenters. The zero-order valence-electron chi connectivity index (χ0n) is 24.5. The summed E-state index contributed by atoms with van der Waals surface area (Å²) in [5.74, 6) is -0.102. The summed E-state index contributed by atoms with van der Waals surface area (Å²) >= 11 is 0. The number of H-pyrrole nitrogens is 1. The molecule has 43 heavy (non-hydrogen) atoms. The van der Waals surface area contributed by atoms with E-state index in [2.05, 4.69) is 20.6 Å². The van der Waals surface area contributed by atoms with Crippen molar-refractivity contribution in [1.29, 1.82) is 0 Å². The Morgan fingerprint density at radius 1 is 1.19 bits per heavy atom. The molecule has 226 valence electrons. The summed E-state index contributed by atoms with van der Waals surface area (Å²) in [4.78, 5) is 43.6. The summed E-state index contributed by atoms with van der Waals surface area (Å²) in [7, 11) is 1.54. The maximum absolute atomic E-state index is 13.3. The third-order valence-corrected chi connectivity index (χ3v) is 7.38. The fourth-order valence-electron chi connectivity index (χ4n) is 5.34. The zero-order chi connectivity index (χ0) is 30.5. The summed E-state index contributed by atoms with van der Waals surface area (Å²) in [5.41, 5.74) is 1.10. The molecule has 12 heteroatoms. The SMILES string of the molecule is CCON1CCCC(NC(=O)c2ccc(NC3=CCC(C)C=c4c([nH]c(=O)n(-c5c(O)cccc5O)c4=NC)=N3)cc2)C1. The maximum Gasteiger partial charge on any atom is 0.333 e. The molecule has 1 saturated heterocycles. The van der Waals surface area contributed by atoms with Crippen LogP contribution in [-0.2, 0) is 4.84 Å². The standard InChI is InChI=1S/C31H37N7O5/c1-4-43-37-16-6-7-22(18-37)34-30(41)20-11-13-21(14-12-20)33-26-15-10-19(2)17-23-28(35-26)36-31(42)38(29(23)32-3)27-24(39)8-5-9-25(27)40/h5,8-9,11-15,17,19,22,33,39-40H,4,6-7,10,16,18H2,1-3H3,(H,34,41)(H,35,36,42). The minimum Gasteiger partial charge on any atom is -0.506 e. The average Bonchev–Trinajstić information content (AvgIpc) is 2.97. The predicted octanol–water partition coefficient (Wildman–Crippen LogP) is 1.65. The number of para-hydroxylation sites is 1. The van der Waals surface area contributed by atoms with E-state index in [1.807, 2.05) is 43.2 Å². The van der Waals surface area contributed by atoms with Crippen LogP contribution in [0.5, 0.6) is 11.5 Å². The largest absolute Gasteiger partial charge is 0.506 e. The van der Waals surface area contributed by atoms with Crippen molar-refractivity contribution in [2.75, 3.05) is 32.1 Å². The first kappa shape index (κ1) is 29.8. The molecule has 2 aliphatic heterocycles. The molecule has 3 aromatic rings. The smallest absolute Gasteiger partial charge is 0.333 e. The Morgan fingerprint density at radius 3 is 2.63 bits per heavy atom. The Labute approximate surface area is 248 Å². The van der Waals surface area contributed by atoms with Crippen molar-refractivity contribution >= 4 is 17.7 Å². The molecule has 2 aliphatic rings. The second-order valence-electron chi connectivity index (χ2n) is 10.6. The second-order valence-corrected chi connectivity index (χ2v) is 10.6. The fourth-order valence-corrected chi connectivity index (χ4v) is 5.34. The van der Waals surface area contributed by atoms with Crippen LogP contribution < -0.4 is 32.5 Å². The molecule has 0 aliphatic carbocycles. The van der Waals surface area contributed by atoms with Crippen LogP contribution in [0.1, 0.15) is 43.5 Å². The summed E-state index contributed by atoms with van der Waals surface area (Å²) in [5, 5.41) is 29.8. The number of carbonyl (C=O) groups excluding carboxylic acids is 1. The topological polar surface area (TPSA) is 157 Å². The Balaban J connectivity index is 1.41. The number of fused-ring (bicyclic) bond motifs is 1. The quantitative estimate of drug-likeness (QED) is 0.281. The maximum atomic E-state index is 13.3. The number of nitrogens with zero attached hydrogens (tertiary/aromatic N) is 4. The molecule has 0 radical (unpaired) electrons. The number of hydroxylamine groups is 2. The number of aromatic nitrogens is 2. The Morgan fingerprint density at radius 2 is 1.93 bits per heavy atom. The highest BCUT2D eigenvalue weighted by molar-refractivity contribution is 5.94. The molecule has 5 N–H and O–H groups in total. The lowest BCUT2D eigenvalue weighted by atomic mass is 10.1. The lowest BCUT2D eigenvalue weighted by molar-refractivity contribution is -0.168. The van der Waals surface area contributed by atoms with Gasteiger partial charge in [-0.2, -0.15) is 5.06 Å². The first-order chi connectivity index (χ1) is 20.8. The second kappa shape index (κ2) is 13.1. The molecular formula is C31H37N7O5. The lowest BCUT2D eigenvalue weighted by Gasteiger charge is -2.31. The van der Waals surface area contributed by atoms with E-state index < -0.39 is 5.69 Å². The number of nitrogens with one attached hydrogen (secondary N) is 3. The van der Waals surface area contributed by atoms with E-state index in [0.29, 0.717) is 36.2 Å². The van der Waals surface area contributed by atoms with E-state index in [0.717, 1.165) is 29.6 Å². The van der Waals surface area contributed by atoms with E-state index in [4.69, 9.17) is 9.83 Å². The van der Waals surface area contributed by atoms with Gasteiger partial charge in [0.05, 0.1) is 11.8 Å². The first-order valence-corrected chi connectivity index (χ1v) is 14.4. The summed E-state index contributed by atoms with van der Waals surface area (Å²) in [6.07, 6.45) is 6.41. The molecule has 12 nitrogen and oxygen atoms in total. The van der Waals surface area contributed by atoms with Gasteiger partial charge in [-0.3, -0.25) is 19.6 Å². The van der Waals surface area contributed by atoms with Crippen LogP contribution in [0.3, 0.4) is 0 Å². The van der Waals surface area contributed by atoms with E-state index in [9.17, 15) is 19.8 Å². The number of carbonyl (C=O) groups is 1. The molecule has 1 fully saturated rings. The highest BCUT2D eigenvalue weighted by Gasteiger charge is 2.22. The van der Waals surface area contributed by atoms with Gasteiger partial charge in [0, 0.05) is 37.4 Å². The van der Waals surface area contributed by atoms with E-state index in [1.165, 1.54) is 25.2 Å². The summed E-state index contributed by atoms with van der Waals surface area (Å²) in [6, 6.07) is 11.4. The van der Waals surface area contributed by atoms with Crippen molar-refractivity contribution in [2.45, 2.75) is 39.2 Å². The number of hydrogen-bond acceptors (Lipinski definition) is 9. The number of phenols is 2. The van der Waals surface area contributed by atoms with Gasteiger partial charge in [0.2, 0.25) is 0 Å².